The smallest absolute Gasteiger partial charge is 0.242 e. The molecule has 1 aliphatic carbocycles. The number of hydrogen-bond acceptors (Lipinski definition) is 3. The van der Waals surface area contributed by atoms with Crippen LogP contribution in [-0.2, 0) is 9.53 Å². The van der Waals surface area contributed by atoms with Crippen LogP contribution < -0.4 is 5.32 Å². The number of likely N-dealkylation sites (N-methyl/N-ethyl adjacent to an activating group) is 2. The Morgan fingerprint density at radius 2 is 1.84 bits per heavy atom. The van der Waals surface area contributed by atoms with Crippen LogP contribution in [0.15, 0.2) is 4.99 Å². The van der Waals surface area contributed by atoms with E-state index >= 15 is 0 Å². The molecule has 0 aromatic rings. The van der Waals surface area contributed by atoms with Crippen molar-refractivity contribution >= 4 is 35.8 Å². The van der Waals surface area contributed by atoms with E-state index < -0.39 is 0 Å². The number of hydrogen-bond donors (Lipinski definition) is 1. The highest BCUT2D eigenvalue weighted by Crippen LogP contribution is 2.49. The third-order valence-corrected chi connectivity index (χ3v) is 4.69. The van der Waals surface area contributed by atoms with Crippen molar-refractivity contribution in [3.63, 3.8) is 0 Å². The largest absolute Gasteiger partial charge is 0.382 e. The van der Waals surface area contributed by atoms with Crippen LogP contribution in [0.1, 0.15) is 47.0 Å². The molecule has 1 aliphatic rings. The van der Waals surface area contributed by atoms with E-state index in [1.54, 1.807) is 0 Å². The van der Waals surface area contributed by atoms with Crippen molar-refractivity contribution < 1.29 is 9.53 Å². The maximum Gasteiger partial charge on any atom is 0.242 e. The average molecular weight is 468 g/mol. The normalized spacial score (nSPS) is 15.3. The number of halogens is 1. The zero-order valence-corrected chi connectivity index (χ0v) is 19.0. The predicted octanol–water partition coefficient (Wildman–Crippen LogP) is 2.58. The van der Waals surface area contributed by atoms with E-state index in [-0.39, 0.29) is 29.9 Å². The van der Waals surface area contributed by atoms with Gasteiger partial charge in [-0.25, -0.2) is 0 Å². The number of ether oxygens (including phenoxy) is 1. The summed E-state index contributed by atoms with van der Waals surface area (Å²) in [4.78, 5) is 20.9. The van der Waals surface area contributed by atoms with E-state index in [1.165, 1.54) is 12.8 Å². The Bertz CT molecular complexity index is 410. The Hall–Kier alpha value is -0.570. The molecule has 1 fully saturated rings. The van der Waals surface area contributed by atoms with Gasteiger partial charge in [0.05, 0.1) is 6.54 Å². The molecule has 1 saturated carbocycles. The number of carbonyl (C=O) groups is 1. The first kappa shape index (κ1) is 24.4. The molecule has 0 saturated heterocycles. The van der Waals surface area contributed by atoms with Crippen molar-refractivity contribution in [3.05, 3.63) is 0 Å². The summed E-state index contributed by atoms with van der Waals surface area (Å²) >= 11 is 0. The fourth-order valence-corrected chi connectivity index (χ4v) is 2.76. The van der Waals surface area contributed by atoms with Gasteiger partial charge in [0.25, 0.3) is 0 Å². The fraction of sp³-hybridized carbons (Fsp3) is 0.889. The van der Waals surface area contributed by atoms with Crippen molar-refractivity contribution in [2.24, 2.45) is 10.4 Å². The predicted molar refractivity (Wildman–Crippen MR) is 115 cm³/mol. The third-order valence-electron chi connectivity index (χ3n) is 4.69. The molecule has 0 unspecified atom stereocenters. The van der Waals surface area contributed by atoms with E-state index in [4.69, 9.17) is 9.73 Å². The summed E-state index contributed by atoms with van der Waals surface area (Å²) in [6, 6.07) is 0. The van der Waals surface area contributed by atoms with E-state index in [2.05, 4.69) is 12.2 Å². The number of carbonyl (C=O) groups excluding carboxylic acids is 1. The molecule has 0 aromatic heterocycles. The first-order chi connectivity index (χ1) is 11.5. The molecule has 0 aromatic carbocycles. The lowest BCUT2D eigenvalue weighted by Crippen LogP contribution is -2.45. The quantitative estimate of drug-likeness (QED) is 0.219. The monoisotopic (exact) mass is 468 g/mol. The van der Waals surface area contributed by atoms with Crippen molar-refractivity contribution in [2.75, 3.05) is 53.0 Å². The number of rotatable bonds is 11. The SMILES string of the molecule is CCNC(=NCC1(CCOCC)CC1)N(C)CC(=O)N(CC)CC.I. The molecule has 25 heavy (non-hydrogen) atoms. The van der Waals surface area contributed by atoms with Gasteiger partial charge in [0.2, 0.25) is 5.91 Å². The van der Waals surface area contributed by atoms with E-state index in [9.17, 15) is 4.79 Å². The second kappa shape index (κ2) is 12.7. The zero-order valence-electron chi connectivity index (χ0n) is 16.6. The van der Waals surface area contributed by atoms with Gasteiger partial charge in [-0.15, -0.1) is 24.0 Å². The van der Waals surface area contributed by atoms with Gasteiger partial charge < -0.3 is 19.9 Å². The topological polar surface area (TPSA) is 57.2 Å². The zero-order chi connectivity index (χ0) is 18.0. The number of guanidine groups is 1. The third kappa shape index (κ3) is 8.57. The molecule has 0 spiro atoms. The summed E-state index contributed by atoms with van der Waals surface area (Å²) in [5, 5.41) is 3.30. The van der Waals surface area contributed by atoms with Crippen LogP contribution in [0.25, 0.3) is 0 Å². The summed E-state index contributed by atoms with van der Waals surface area (Å²) in [5.74, 6) is 0.964. The summed E-state index contributed by atoms with van der Waals surface area (Å²) in [7, 11) is 1.93. The van der Waals surface area contributed by atoms with Gasteiger partial charge in [-0.3, -0.25) is 9.79 Å². The molecule has 1 N–H and O–H groups in total. The van der Waals surface area contributed by atoms with E-state index in [1.807, 2.05) is 37.6 Å². The van der Waals surface area contributed by atoms with Crippen LogP contribution in [0.4, 0.5) is 0 Å². The van der Waals surface area contributed by atoms with Gasteiger partial charge in [0, 0.05) is 46.4 Å². The molecule has 1 rings (SSSR count). The summed E-state index contributed by atoms with van der Waals surface area (Å²) < 4.78 is 5.49. The highest BCUT2D eigenvalue weighted by molar-refractivity contribution is 14.0. The number of nitrogens with zero attached hydrogens (tertiary/aromatic N) is 3. The highest BCUT2D eigenvalue weighted by Gasteiger charge is 2.42. The molecule has 0 atom stereocenters. The first-order valence-electron chi connectivity index (χ1n) is 9.36. The van der Waals surface area contributed by atoms with Gasteiger partial charge in [0.1, 0.15) is 0 Å². The number of nitrogens with one attached hydrogen (secondary N) is 1. The van der Waals surface area contributed by atoms with Gasteiger partial charge in [0.15, 0.2) is 5.96 Å². The molecule has 6 nitrogen and oxygen atoms in total. The molecular weight excluding hydrogens is 431 g/mol. The van der Waals surface area contributed by atoms with E-state index in [0.717, 1.165) is 51.8 Å². The second-order valence-electron chi connectivity index (χ2n) is 6.54. The van der Waals surface area contributed by atoms with Crippen LogP contribution in [0, 0.1) is 5.41 Å². The molecular formula is C18H37IN4O2. The van der Waals surface area contributed by atoms with Gasteiger partial charge in [-0.05, 0) is 52.4 Å². The fourth-order valence-electron chi connectivity index (χ4n) is 2.76. The Labute approximate surface area is 170 Å². The van der Waals surface area contributed by atoms with Crippen LogP contribution in [0.2, 0.25) is 0 Å². The Morgan fingerprint density at radius 1 is 1.20 bits per heavy atom. The minimum atomic E-state index is 0. The lowest BCUT2D eigenvalue weighted by atomic mass is 10.0. The molecule has 7 heteroatoms. The standard InChI is InChI=1S/C18H36N4O2.HI/c1-6-19-17(21(5)14-16(23)22(7-2)8-3)20-15-18(10-11-18)12-13-24-9-4;/h6-15H2,1-5H3,(H,19,20);1H. The lowest BCUT2D eigenvalue weighted by molar-refractivity contribution is -0.131. The van der Waals surface area contributed by atoms with Gasteiger partial charge in [-0.2, -0.15) is 0 Å². The molecule has 1 amide bonds. The Morgan fingerprint density at radius 3 is 2.32 bits per heavy atom. The average Bonchev–Trinajstić information content (AvgIpc) is 3.33. The minimum Gasteiger partial charge on any atom is -0.382 e. The van der Waals surface area contributed by atoms with Gasteiger partial charge in [-0.1, -0.05) is 0 Å². The van der Waals surface area contributed by atoms with Crippen molar-refractivity contribution in [1.29, 1.82) is 0 Å². The van der Waals surface area contributed by atoms with Gasteiger partial charge >= 0.3 is 0 Å². The van der Waals surface area contributed by atoms with Crippen LogP contribution in [-0.4, -0.2) is 74.7 Å². The van der Waals surface area contributed by atoms with E-state index in [0.29, 0.717) is 12.0 Å². The minimum absolute atomic E-state index is 0. The highest BCUT2D eigenvalue weighted by atomic mass is 127. The van der Waals surface area contributed by atoms with Crippen LogP contribution >= 0.6 is 24.0 Å². The molecule has 148 valence electrons. The Balaban J connectivity index is 0.00000576. The van der Waals surface area contributed by atoms with Crippen molar-refractivity contribution in [3.8, 4) is 0 Å². The van der Waals surface area contributed by atoms with Crippen molar-refractivity contribution in [1.82, 2.24) is 15.1 Å². The lowest BCUT2D eigenvalue weighted by Gasteiger charge is -2.26. The molecule has 0 radical (unpaired) electrons. The number of aliphatic imine (C=N–C) groups is 1. The van der Waals surface area contributed by atoms with Crippen LogP contribution in [0.5, 0.6) is 0 Å². The molecule has 0 bridgehead atoms. The summed E-state index contributed by atoms with van der Waals surface area (Å²) in [6.45, 7) is 13.2. The van der Waals surface area contributed by atoms with Crippen LogP contribution in [0.3, 0.4) is 0 Å². The van der Waals surface area contributed by atoms with Crippen molar-refractivity contribution in [2.45, 2.75) is 47.0 Å². The second-order valence-corrected chi connectivity index (χ2v) is 6.54. The molecule has 0 aliphatic heterocycles. The maximum absolute atomic E-state index is 12.3. The summed E-state index contributed by atoms with van der Waals surface area (Å²) in [5.41, 5.74) is 0.319. The number of amides is 1. The Kier molecular flexibility index (Phi) is 12.4. The first-order valence-corrected chi connectivity index (χ1v) is 9.36. The summed E-state index contributed by atoms with van der Waals surface area (Å²) in [6.07, 6.45) is 3.53. The molecule has 0 heterocycles. The maximum atomic E-state index is 12.3.